The van der Waals surface area contributed by atoms with E-state index in [9.17, 15) is 117 Å². The highest BCUT2D eigenvalue weighted by Gasteiger charge is 2.61. The fraction of sp³-hybridized carbons (Fsp3) is 0.962. The van der Waals surface area contributed by atoms with Crippen LogP contribution in [0.3, 0.4) is 0 Å². The molecular formula is C52H88N2O38. The summed E-state index contributed by atoms with van der Waals surface area (Å²) in [6, 6.07) is -3.84. The molecule has 8 rings (SSSR count). The van der Waals surface area contributed by atoms with Gasteiger partial charge in [0, 0.05) is 13.8 Å². The van der Waals surface area contributed by atoms with Gasteiger partial charge in [0.15, 0.2) is 50.3 Å². The van der Waals surface area contributed by atoms with Crippen LogP contribution < -0.4 is 10.6 Å². The van der Waals surface area contributed by atoms with Gasteiger partial charge in [-0.05, 0) is 20.8 Å². The molecule has 0 aromatic heterocycles. The minimum atomic E-state index is -2.41. The van der Waals surface area contributed by atoms with E-state index in [4.69, 9.17) is 71.1 Å². The van der Waals surface area contributed by atoms with Gasteiger partial charge >= 0.3 is 0 Å². The van der Waals surface area contributed by atoms with Gasteiger partial charge in [0.2, 0.25) is 11.8 Å². The Labute approximate surface area is 522 Å². The molecule has 8 saturated heterocycles. The molecule has 2 amide bonds. The summed E-state index contributed by atoms with van der Waals surface area (Å²) in [5.74, 6) is -1.88. The first-order valence-electron chi connectivity index (χ1n) is 29.7. The monoisotopic (exact) mass is 1350 g/mol. The Morgan fingerprint density at radius 1 is 0.283 bits per heavy atom. The van der Waals surface area contributed by atoms with Crippen LogP contribution in [0.1, 0.15) is 34.6 Å². The molecule has 8 aliphatic heterocycles. The average Bonchev–Trinajstić information content (AvgIpc) is 0.765. The Kier molecular flexibility index (Phi) is 26.2. The summed E-state index contributed by atoms with van der Waals surface area (Å²) in [4.78, 5) is 26.6. The van der Waals surface area contributed by atoms with Gasteiger partial charge in [0.25, 0.3) is 0 Å². The van der Waals surface area contributed by atoms with Gasteiger partial charge in [-0.3, -0.25) is 9.59 Å². The molecule has 1 unspecified atom stereocenters. The molecule has 8 heterocycles. The van der Waals surface area contributed by atoms with E-state index in [1.165, 1.54) is 20.8 Å². The molecule has 8 fully saturated rings. The molecule has 0 aromatic rings. The molecule has 40 atom stereocenters. The predicted octanol–water partition coefficient (Wildman–Crippen LogP) is -15.1. The molecular weight excluding hydrogens is 1260 g/mol. The smallest absolute Gasteiger partial charge is 0.217 e. The molecule has 0 aliphatic carbocycles. The molecule has 0 radical (unpaired) electrons. The van der Waals surface area contributed by atoms with E-state index in [2.05, 4.69) is 10.6 Å². The molecule has 8 aliphatic rings. The number of hydrogen-bond acceptors (Lipinski definition) is 38. The number of carbonyl (C=O) groups is 2. The van der Waals surface area contributed by atoms with Crippen LogP contribution in [-0.4, -0.2) is 398 Å². The molecule has 40 nitrogen and oxygen atoms in total. The Morgan fingerprint density at radius 3 is 0.924 bits per heavy atom. The highest BCUT2D eigenvalue weighted by atomic mass is 16.8. The Hall–Kier alpha value is -2.50. The zero-order valence-electron chi connectivity index (χ0n) is 50.0. The second-order valence-electron chi connectivity index (χ2n) is 23.8. The fourth-order valence-electron chi connectivity index (χ4n) is 12.1. The van der Waals surface area contributed by atoms with Gasteiger partial charge in [-0.2, -0.15) is 0 Å². The largest absolute Gasteiger partial charge is 0.394 e. The molecule has 40 heteroatoms. The lowest BCUT2D eigenvalue weighted by Gasteiger charge is -2.52. The summed E-state index contributed by atoms with van der Waals surface area (Å²) < 4.78 is 89.7. The van der Waals surface area contributed by atoms with Crippen molar-refractivity contribution in [2.75, 3.05) is 33.0 Å². The van der Waals surface area contributed by atoms with Crippen molar-refractivity contribution in [3.63, 3.8) is 0 Å². The number of carbonyl (C=O) groups excluding carboxylic acids is 2. The number of aliphatic hydroxyl groups is 21. The number of aliphatic hydroxyl groups excluding tert-OH is 21. The van der Waals surface area contributed by atoms with Crippen LogP contribution in [0.25, 0.3) is 0 Å². The Bertz CT molecular complexity index is 2330. The van der Waals surface area contributed by atoms with Crippen molar-refractivity contribution in [3.05, 3.63) is 0 Å². The third-order valence-electron chi connectivity index (χ3n) is 17.3. The summed E-state index contributed by atoms with van der Waals surface area (Å²) in [5, 5.41) is 235. The van der Waals surface area contributed by atoms with Crippen molar-refractivity contribution >= 4 is 11.8 Å². The molecule has 23 N–H and O–H groups in total. The first-order valence-corrected chi connectivity index (χ1v) is 29.7. The van der Waals surface area contributed by atoms with Crippen molar-refractivity contribution in [1.82, 2.24) is 10.6 Å². The lowest BCUT2D eigenvalue weighted by atomic mass is 9.93. The summed E-state index contributed by atoms with van der Waals surface area (Å²) in [6.45, 7) is 0.293. The summed E-state index contributed by atoms with van der Waals surface area (Å²) in [6.07, 6.45) is -73.8. The fourth-order valence-corrected chi connectivity index (χ4v) is 12.1. The average molecular weight is 1350 g/mol. The van der Waals surface area contributed by atoms with E-state index in [1.54, 1.807) is 0 Å². The van der Waals surface area contributed by atoms with E-state index in [-0.39, 0.29) is 0 Å². The maximum atomic E-state index is 13.4. The Morgan fingerprint density at radius 2 is 0.554 bits per heavy atom. The van der Waals surface area contributed by atoms with Crippen molar-refractivity contribution in [2.45, 2.75) is 280 Å². The summed E-state index contributed by atoms with van der Waals surface area (Å²) >= 11 is 0. The third kappa shape index (κ3) is 15.8. The third-order valence-corrected chi connectivity index (χ3v) is 17.3. The number of ether oxygens (including phenoxy) is 15. The van der Waals surface area contributed by atoms with Gasteiger partial charge in [-0.1, -0.05) is 0 Å². The first-order chi connectivity index (χ1) is 43.4. The van der Waals surface area contributed by atoms with Crippen LogP contribution in [0.4, 0.5) is 0 Å². The SMILES string of the molecule is CC(=O)N[C@H]1[C@H](O[C@H]2[C@@H](O)[C@@H](CO)O[C@@H](O[C@H]3[C@H](O[C@@H]4O[C@@H](C)[C@@H](O)[C@@H](O)[C@@H]4O)[C@@H](NC(C)=O)[C@H](O[C@H]4[C@H](O[C@@H]5O[C@@H](C)[C@@H](O)[C@@H](O)[C@@H]5O)[C@@H](O)C(O)O[C@@H]4CO)O[C@@H]3CO)[C@@H]2O)O[C@H](CO)[C@@H](O[C@@H]2O[C@H](CO)[C@H](O)[C@H](O)[C@H]2O)[C@@H]1O[C@@H]1O[C@@H](C)[C@@H](O)[C@@H](O)[C@@H]1O. The van der Waals surface area contributed by atoms with E-state index in [0.29, 0.717) is 0 Å². The van der Waals surface area contributed by atoms with E-state index >= 15 is 0 Å². The van der Waals surface area contributed by atoms with Crippen LogP contribution in [0, 0.1) is 0 Å². The van der Waals surface area contributed by atoms with Gasteiger partial charge < -0.3 is 189 Å². The van der Waals surface area contributed by atoms with Crippen LogP contribution in [0.2, 0.25) is 0 Å². The Balaban J connectivity index is 1.15. The molecule has 92 heavy (non-hydrogen) atoms. The van der Waals surface area contributed by atoms with Gasteiger partial charge in [-0.15, -0.1) is 0 Å². The second-order valence-corrected chi connectivity index (χ2v) is 23.8. The molecule has 0 bridgehead atoms. The van der Waals surface area contributed by atoms with E-state index in [1.807, 2.05) is 0 Å². The first kappa shape index (κ1) is 75.3. The minimum Gasteiger partial charge on any atom is -0.394 e. The predicted molar refractivity (Wildman–Crippen MR) is 283 cm³/mol. The highest BCUT2D eigenvalue weighted by Crippen LogP contribution is 2.40. The summed E-state index contributed by atoms with van der Waals surface area (Å²) in [5.41, 5.74) is 0. The molecule has 0 spiro atoms. The van der Waals surface area contributed by atoms with Crippen molar-refractivity contribution in [3.8, 4) is 0 Å². The zero-order valence-corrected chi connectivity index (χ0v) is 50.0. The lowest BCUT2D eigenvalue weighted by molar-refractivity contribution is -0.401. The molecule has 0 saturated carbocycles. The summed E-state index contributed by atoms with van der Waals surface area (Å²) in [7, 11) is 0. The standard InChI is InChI=1S/C52H88N2O38/c1-11-23(62)28(67)32(71)48(78-11)89-41-21(53-14(4)60)46(86-40-18(8-57)81-45(77)36(75)44(40)92-50-34(73)30(69)25(64)13(3)80-50)84-20(10-59)39(41)88-52-37(76)43(27(66)17(7-56)83-52)91-47-22(54-15(5)61)42(90-49-33(72)29(68)24(63)12(2)79-49)38(19(9-58)85-47)87-51-35(74)31(70)26(65)16(6-55)82-51/h11-13,16-52,55-59,62-77H,6-10H2,1-5H3,(H,53,60)(H,54,61)/t11-,12-,13-,16+,17+,18+,19+,20+,21+,22+,23+,24+,25+,26-,27-,28+,29+,30+,31-,32-,33-,34-,35+,36+,37+,38+,39+,40+,41+,42+,43-,44+,45?,46-,47-,48-,49-,50-,51-,52-/m0/s1. The van der Waals surface area contributed by atoms with Gasteiger partial charge in [0.05, 0.1) is 51.3 Å². The van der Waals surface area contributed by atoms with E-state index < -0.39 is 290 Å². The van der Waals surface area contributed by atoms with E-state index in [0.717, 1.165) is 13.8 Å². The normalized spacial score (nSPS) is 52.1. The topological polar surface area (TPSA) is 621 Å². The maximum Gasteiger partial charge on any atom is 0.217 e. The zero-order chi connectivity index (χ0) is 67.8. The van der Waals surface area contributed by atoms with Crippen LogP contribution >= 0.6 is 0 Å². The minimum absolute atomic E-state index is 0.934. The van der Waals surface area contributed by atoms with Crippen LogP contribution in [0.15, 0.2) is 0 Å². The molecule has 534 valence electrons. The van der Waals surface area contributed by atoms with Crippen molar-refractivity contribution in [1.29, 1.82) is 0 Å². The second kappa shape index (κ2) is 32.0. The number of nitrogens with one attached hydrogen (secondary N) is 2. The van der Waals surface area contributed by atoms with Crippen molar-refractivity contribution in [2.24, 2.45) is 0 Å². The van der Waals surface area contributed by atoms with Gasteiger partial charge in [-0.25, -0.2) is 0 Å². The lowest BCUT2D eigenvalue weighted by Crippen LogP contribution is -2.72. The van der Waals surface area contributed by atoms with Crippen molar-refractivity contribution < 1.29 is 188 Å². The number of hydrogen-bond donors (Lipinski definition) is 23. The maximum absolute atomic E-state index is 13.4. The van der Waals surface area contributed by atoms with Crippen LogP contribution in [0.5, 0.6) is 0 Å². The number of amides is 2. The number of rotatable bonds is 21. The van der Waals surface area contributed by atoms with Crippen LogP contribution in [-0.2, 0) is 80.6 Å². The molecule has 0 aromatic carbocycles. The highest BCUT2D eigenvalue weighted by molar-refractivity contribution is 5.73. The van der Waals surface area contributed by atoms with Gasteiger partial charge in [0.1, 0.15) is 177 Å². The quantitative estimate of drug-likeness (QED) is 0.0507.